The Morgan fingerprint density at radius 3 is 2.46 bits per heavy atom. The van der Waals surface area contributed by atoms with Crippen molar-refractivity contribution in [1.82, 2.24) is 19.7 Å². The molecule has 128 valence electrons. The Balaban J connectivity index is 1.75. The number of nitrogens with zero attached hydrogens (tertiary/aromatic N) is 6. The summed E-state index contributed by atoms with van der Waals surface area (Å²) in [7, 11) is 0. The van der Waals surface area contributed by atoms with Crippen LogP contribution in [0.25, 0.3) is 0 Å². The molecule has 0 bridgehead atoms. The number of aryl methyl sites for hydroxylation is 1. The van der Waals surface area contributed by atoms with E-state index in [1.54, 1.807) is 12.4 Å². The quantitative estimate of drug-likeness (QED) is 0.844. The van der Waals surface area contributed by atoms with Crippen molar-refractivity contribution in [3.63, 3.8) is 0 Å². The Hall–Kier alpha value is -2.15. The molecule has 0 saturated carbocycles. The number of hydrogen-bond donors (Lipinski definition) is 0. The van der Waals surface area contributed by atoms with Crippen LogP contribution in [0.2, 0.25) is 5.02 Å². The minimum Gasteiger partial charge on any atom is -0.365 e. The van der Waals surface area contributed by atoms with Gasteiger partial charge in [-0.3, -0.25) is 4.79 Å². The van der Waals surface area contributed by atoms with Gasteiger partial charge in [0.2, 0.25) is 5.95 Å². The normalized spacial score (nSPS) is 15.2. The van der Waals surface area contributed by atoms with E-state index < -0.39 is 0 Å². The second kappa shape index (κ2) is 6.76. The highest BCUT2D eigenvalue weighted by Gasteiger charge is 2.23. The fourth-order valence-corrected chi connectivity index (χ4v) is 3.01. The third-order valence-corrected chi connectivity index (χ3v) is 4.45. The van der Waals surface area contributed by atoms with E-state index in [9.17, 15) is 4.79 Å². The van der Waals surface area contributed by atoms with Gasteiger partial charge in [0.05, 0.1) is 17.9 Å². The summed E-state index contributed by atoms with van der Waals surface area (Å²) < 4.78 is 1.41. The third-order valence-electron chi connectivity index (χ3n) is 4.10. The fourth-order valence-electron chi connectivity index (χ4n) is 2.76. The summed E-state index contributed by atoms with van der Waals surface area (Å²) in [4.78, 5) is 25.3. The van der Waals surface area contributed by atoms with E-state index in [1.165, 1.54) is 4.68 Å². The van der Waals surface area contributed by atoms with Crippen molar-refractivity contribution in [3.05, 3.63) is 39.5 Å². The standard InChI is InChI=1S/C16H21ClN6O/c1-11(2)23-15(24)14(17)13(10-19-23)21-6-8-22(9-7-21)16-18-5-4-12(3)20-16/h4-5,10-11H,6-9H2,1-3H3. The molecule has 0 radical (unpaired) electrons. The number of hydrogen-bond acceptors (Lipinski definition) is 6. The topological polar surface area (TPSA) is 67.2 Å². The molecule has 0 amide bonds. The molecule has 0 aromatic carbocycles. The van der Waals surface area contributed by atoms with Gasteiger partial charge < -0.3 is 9.80 Å². The van der Waals surface area contributed by atoms with Gasteiger partial charge in [0.1, 0.15) is 5.02 Å². The van der Waals surface area contributed by atoms with E-state index >= 15 is 0 Å². The zero-order chi connectivity index (χ0) is 17.3. The molecular formula is C16H21ClN6O. The first kappa shape index (κ1) is 16.7. The Labute approximate surface area is 145 Å². The first-order chi connectivity index (χ1) is 11.5. The van der Waals surface area contributed by atoms with Gasteiger partial charge in [-0.25, -0.2) is 14.6 Å². The molecule has 0 aliphatic carbocycles. The van der Waals surface area contributed by atoms with Gasteiger partial charge in [-0.15, -0.1) is 0 Å². The molecule has 1 fully saturated rings. The van der Waals surface area contributed by atoms with Crippen molar-refractivity contribution in [2.24, 2.45) is 0 Å². The van der Waals surface area contributed by atoms with Crippen LogP contribution in [-0.2, 0) is 0 Å². The van der Waals surface area contributed by atoms with Crippen LogP contribution in [-0.4, -0.2) is 45.9 Å². The maximum absolute atomic E-state index is 12.3. The van der Waals surface area contributed by atoms with Gasteiger partial charge in [-0.2, -0.15) is 5.10 Å². The van der Waals surface area contributed by atoms with Crippen molar-refractivity contribution in [3.8, 4) is 0 Å². The number of anilines is 2. The van der Waals surface area contributed by atoms with Crippen LogP contribution in [0.3, 0.4) is 0 Å². The van der Waals surface area contributed by atoms with Crippen molar-refractivity contribution in [2.45, 2.75) is 26.8 Å². The predicted molar refractivity (Wildman–Crippen MR) is 95.1 cm³/mol. The summed E-state index contributed by atoms with van der Waals surface area (Å²) in [6, 6.07) is 1.87. The maximum Gasteiger partial charge on any atom is 0.287 e. The van der Waals surface area contributed by atoms with E-state index in [4.69, 9.17) is 11.6 Å². The summed E-state index contributed by atoms with van der Waals surface area (Å²) in [6.45, 7) is 8.79. The average Bonchev–Trinajstić information content (AvgIpc) is 2.57. The second-order valence-corrected chi connectivity index (χ2v) is 6.54. The molecule has 2 aromatic heterocycles. The molecular weight excluding hydrogens is 328 g/mol. The molecule has 1 aliphatic rings. The molecule has 3 heterocycles. The number of aromatic nitrogens is 4. The van der Waals surface area contributed by atoms with E-state index in [1.807, 2.05) is 26.8 Å². The van der Waals surface area contributed by atoms with Crippen LogP contribution in [0, 0.1) is 6.92 Å². The summed E-state index contributed by atoms with van der Waals surface area (Å²) in [5.41, 5.74) is 1.41. The lowest BCUT2D eigenvalue weighted by Crippen LogP contribution is -2.47. The van der Waals surface area contributed by atoms with Crippen LogP contribution in [0.1, 0.15) is 25.6 Å². The number of piperazine rings is 1. The Morgan fingerprint density at radius 1 is 1.17 bits per heavy atom. The van der Waals surface area contributed by atoms with Crippen LogP contribution in [0.5, 0.6) is 0 Å². The first-order valence-electron chi connectivity index (χ1n) is 8.04. The van der Waals surface area contributed by atoms with Crippen molar-refractivity contribution >= 4 is 23.2 Å². The summed E-state index contributed by atoms with van der Waals surface area (Å²) in [5.74, 6) is 0.745. The highest BCUT2D eigenvalue weighted by atomic mass is 35.5. The highest BCUT2D eigenvalue weighted by Crippen LogP contribution is 2.23. The smallest absolute Gasteiger partial charge is 0.287 e. The predicted octanol–water partition coefficient (Wildman–Crippen LogP) is 1.90. The third kappa shape index (κ3) is 3.21. The van der Waals surface area contributed by atoms with E-state index in [0.29, 0.717) is 5.69 Å². The van der Waals surface area contributed by atoms with Gasteiger partial charge in [0, 0.05) is 38.1 Å². The van der Waals surface area contributed by atoms with Gasteiger partial charge in [-0.1, -0.05) is 11.6 Å². The molecule has 2 aromatic rings. The van der Waals surface area contributed by atoms with E-state index in [2.05, 4.69) is 24.9 Å². The Kier molecular flexibility index (Phi) is 4.71. The van der Waals surface area contributed by atoms with Gasteiger partial charge in [0.25, 0.3) is 5.56 Å². The van der Waals surface area contributed by atoms with E-state index in [0.717, 1.165) is 37.8 Å². The zero-order valence-electron chi connectivity index (χ0n) is 14.1. The minimum atomic E-state index is -0.242. The number of rotatable bonds is 3. The van der Waals surface area contributed by atoms with Crippen molar-refractivity contribution < 1.29 is 0 Å². The summed E-state index contributed by atoms with van der Waals surface area (Å²) >= 11 is 6.30. The average molecular weight is 349 g/mol. The minimum absolute atomic E-state index is 0.0145. The molecule has 24 heavy (non-hydrogen) atoms. The van der Waals surface area contributed by atoms with Crippen LogP contribution in [0.15, 0.2) is 23.3 Å². The van der Waals surface area contributed by atoms with Gasteiger partial charge in [-0.05, 0) is 26.8 Å². The van der Waals surface area contributed by atoms with Crippen molar-refractivity contribution in [2.75, 3.05) is 36.0 Å². The molecule has 1 saturated heterocycles. The lowest BCUT2D eigenvalue weighted by Gasteiger charge is -2.36. The molecule has 1 aliphatic heterocycles. The summed E-state index contributed by atoms with van der Waals surface area (Å²) in [6.07, 6.45) is 3.46. The molecule has 8 heteroatoms. The molecule has 0 spiro atoms. The van der Waals surface area contributed by atoms with Gasteiger partial charge in [0.15, 0.2) is 0 Å². The van der Waals surface area contributed by atoms with Crippen LogP contribution >= 0.6 is 11.6 Å². The maximum atomic E-state index is 12.3. The van der Waals surface area contributed by atoms with E-state index in [-0.39, 0.29) is 16.6 Å². The first-order valence-corrected chi connectivity index (χ1v) is 8.42. The van der Waals surface area contributed by atoms with Crippen LogP contribution < -0.4 is 15.4 Å². The van der Waals surface area contributed by atoms with Crippen LogP contribution in [0.4, 0.5) is 11.6 Å². The molecule has 0 atom stereocenters. The molecule has 3 rings (SSSR count). The second-order valence-electron chi connectivity index (χ2n) is 6.16. The highest BCUT2D eigenvalue weighted by molar-refractivity contribution is 6.33. The number of halogens is 1. The molecule has 0 N–H and O–H groups in total. The SMILES string of the molecule is Cc1ccnc(N2CCN(c3cnn(C(C)C)c(=O)c3Cl)CC2)n1. The monoisotopic (exact) mass is 348 g/mol. The lowest BCUT2D eigenvalue weighted by molar-refractivity contribution is 0.501. The van der Waals surface area contributed by atoms with Crippen molar-refractivity contribution in [1.29, 1.82) is 0 Å². The summed E-state index contributed by atoms with van der Waals surface area (Å²) in [5, 5.41) is 4.48. The Morgan fingerprint density at radius 2 is 1.83 bits per heavy atom. The lowest BCUT2D eigenvalue weighted by atomic mass is 10.3. The molecule has 7 nitrogen and oxygen atoms in total. The van der Waals surface area contributed by atoms with Gasteiger partial charge >= 0.3 is 0 Å². The fraction of sp³-hybridized carbons (Fsp3) is 0.500. The Bertz CT molecular complexity index is 782. The largest absolute Gasteiger partial charge is 0.365 e. The zero-order valence-corrected chi connectivity index (χ0v) is 14.9. The molecule has 0 unspecified atom stereocenters.